The molecule has 0 radical (unpaired) electrons. The number of anilines is 3. The summed E-state index contributed by atoms with van der Waals surface area (Å²) in [5.74, 6) is 0. The highest BCUT2D eigenvalue weighted by Gasteiger charge is 2.15. The van der Waals surface area contributed by atoms with Crippen molar-refractivity contribution in [3.63, 3.8) is 0 Å². The van der Waals surface area contributed by atoms with Gasteiger partial charge in [-0.25, -0.2) is 0 Å². The van der Waals surface area contributed by atoms with Crippen molar-refractivity contribution in [2.75, 3.05) is 4.90 Å². The van der Waals surface area contributed by atoms with E-state index in [1.54, 1.807) is 0 Å². The van der Waals surface area contributed by atoms with Crippen molar-refractivity contribution in [3.05, 3.63) is 187 Å². The van der Waals surface area contributed by atoms with Crippen molar-refractivity contribution in [1.29, 1.82) is 0 Å². The number of nitrogens with zero attached hydrogens (tertiary/aromatic N) is 2. The van der Waals surface area contributed by atoms with Crippen LogP contribution in [0.1, 0.15) is 18.1 Å². The molecule has 0 saturated heterocycles. The number of aryl methyl sites for hydroxylation is 1. The van der Waals surface area contributed by atoms with Gasteiger partial charge in [-0.05, 0) is 114 Å². The lowest BCUT2D eigenvalue weighted by Crippen LogP contribution is -2.09. The van der Waals surface area contributed by atoms with Crippen molar-refractivity contribution in [3.8, 4) is 27.9 Å². The van der Waals surface area contributed by atoms with E-state index in [-0.39, 0.29) is 0 Å². The van der Waals surface area contributed by atoms with Gasteiger partial charge in [0.25, 0.3) is 0 Å². The summed E-state index contributed by atoms with van der Waals surface area (Å²) in [5.41, 5.74) is 14.3. The SMILES string of the molecule is C/C=C\c1cc2c3ccccc3n(-c3ccc(-c4ccc(N(c5ccccc5)c5ccc(-c6ccccc6)cc5)cc4)cc3)c2cc1C. The van der Waals surface area contributed by atoms with E-state index in [1.165, 1.54) is 55.2 Å². The van der Waals surface area contributed by atoms with Crippen LogP contribution in [0.4, 0.5) is 17.1 Å². The highest BCUT2D eigenvalue weighted by molar-refractivity contribution is 6.10. The molecule has 0 aliphatic carbocycles. The third kappa shape index (κ3) is 5.38. The normalized spacial score (nSPS) is 11.5. The Hall–Kier alpha value is -6.12. The second-order valence-electron chi connectivity index (χ2n) is 12.3. The van der Waals surface area contributed by atoms with Crippen molar-refractivity contribution in [2.45, 2.75) is 13.8 Å². The summed E-state index contributed by atoms with van der Waals surface area (Å²) >= 11 is 0. The minimum absolute atomic E-state index is 1.12. The van der Waals surface area contributed by atoms with E-state index in [9.17, 15) is 0 Å². The Balaban J connectivity index is 1.13. The van der Waals surface area contributed by atoms with Gasteiger partial charge in [-0.3, -0.25) is 0 Å². The zero-order valence-electron chi connectivity index (χ0n) is 27.2. The van der Waals surface area contributed by atoms with Crippen LogP contribution >= 0.6 is 0 Å². The lowest BCUT2D eigenvalue weighted by Gasteiger charge is -2.26. The molecule has 1 heterocycles. The first-order valence-corrected chi connectivity index (χ1v) is 16.6. The maximum atomic E-state index is 2.39. The van der Waals surface area contributed by atoms with Crippen molar-refractivity contribution in [2.24, 2.45) is 0 Å². The van der Waals surface area contributed by atoms with E-state index in [0.29, 0.717) is 0 Å². The second-order valence-corrected chi connectivity index (χ2v) is 12.3. The minimum atomic E-state index is 1.12. The molecule has 1 aromatic heterocycles. The average molecular weight is 617 g/mol. The molecule has 2 heteroatoms. The molecule has 0 amide bonds. The Morgan fingerprint density at radius 3 is 1.56 bits per heavy atom. The summed E-state index contributed by atoms with van der Waals surface area (Å²) in [6.07, 6.45) is 4.31. The number of rotatable bonds is 7. The molecule has 0 aliphatic heterocycles. The monoisotopic (exact) mass is 616 g/mol. The van der Waals surface area contributed by atoms with Crippen LogP contribution in [0.15, 0.2) is 176 Å². The Morgan fingerprint density at radius 2 is 0.958 bits per heavy atom. The highest BCUT2D eigenvalue weighted by Crippen LogP contribution is 2.38. The van der Waals surface area contributed by atoms with Crippen LogP contribution in [0, 0.1) is 6.92 Å². The summed E-state index contributed by atoms with van der Waals surface area (Å²) in [5, 5.41) is 2.55. The lowest BCUT2D eigenvalue weighted by atomic mass is 10.0. The Morgan fingerprint density at radius 1 is 0.458 bits per heavy atom. The van der Waals surface area contributed by atoms with Crippen LogP contribution in [0.25, 0.3) is 55.8 Å². The fourth-order valence-electron chi connectivity index (χ4n) is 6.84. The van der Waals surface area contributed by atoms with Crippen molar-refractivity contribution >= 4 is 44.9 Å². The Bertz CT molecular complexity index is 2360. The molecule has 0 saturated carbocycles. The van der Waals surface area contributed by atoms with E-state index in [0.717, 1.165) is 22.7 Å². The summed E-state index contributed by atoms with van der Waals surface area (Å²) < 4.78 is 2.39. The largest absolute Gasteiger partial charge is 0.311 e. The molecule has 48 heavy (non-hydrogen) atoms. The summed E-state index contributed by atoms with van der Waals surface area (Å²) in [6, 6.07) is 61.2. The summed E-state index contributed by atoms with van der Waals surface area (Å²) in [4.78, 5) is 2.31. The molecule has 0 spiro atoms. The van der Waals surface area contributed by atoms with Gasteiger partial charge in [-0.15, -0.1) is 0 Å². The van der Waals surface area contributed by atoms with Gasteiger partial charge in [0, 0.05) is 33.5 Å². The molecule has 7 aromatic carbocycles. The van der Waals surface area contributed by atoms with Crippen molar-refractivity contribution < 1.29 is 0 Å². The Labute approximate surface area is 282 Å². The number of para-hydroxylation sites is 2. The fourth-order valence-corrected chi connectivity index (χ4v) is 6.84. The number of allylic oxidation sites excluding steroid dienone is 1. The van der Waals surface area contributed by atoms with Crippen LogP contribution in [0.5, 0.6) is 0 Å². The van der Waals surface area contributed by atoms with Gasteiger partial charge in [0.2, 0.25) is 0 Å². The summed E-state index contributed by atoms with van der Waals surface area (Å²) in [7, 11) is 0. The molecule has 230 valence electrons. The number of fused-ring (bicyclic) bond motifs is 3. The van der Waals surface area contributed by atoms with E-state index < -0.39 is 0 Å². The maximum absolute atomic E-state index is 2.39. The predicted octanol–water partition coefficient (Wildman–Crippen LogP) is 12.9. The Kier molecular flexibility index (Phi) is 7.68. The first-order chi connectivity index (χ1) is 23.7. The number of hydrogen-bond donors (Lipinski definition) is 0. The standard InChI is InChI=1S/C46H36N2/c1-3-12-38-32-44-43-17-10-11-18-45(43)48(46(44)31-33(38)2)42-29-23-37(24-30-42)36-21-27-41(28-22-36)47(39-15-8-5-9-16-39)40-25-19-35(20-26-40)34-13-6-4-7-14-34/h3-32H,1-2H3/b12-3-. The van der Waals surface area contributed by atoms with Gasteiger partial charge < -0.3 is 9.47 Å². The van der Waals surface area contributed by atoms with E-state index in [4.69, 9.17) is 0 Å². The maximum Gasteiger partial charge on any atom is 0.0544 e. The third-order valence-corrected chi connectivity index (χ3v) is 9.24. The van der Waals surface area contributed by atoms with Gasteiger partial charge in [-0.1, -0.05) is 115 Å². The quantitative estimate of drug-likeness (QED) is 0.173. The average Bonchev–Trinajstić information content (AvgIpc) is 3.46. The van der Waals surface area contributed by atoms with Crippen LogP contribution < -0.4 is 4.90 Å². The van der Waals surface area contributed by atoms with E-state index in [1.807, 2.05) is 0 Å². The molecule has 0 bridgehead atoms. The van der Waals surface area contributed by atoms with E-state index >= 15 is 0 Å². The van der Waals surface area contributed by atoms with Crippen LogP contribution in [0.2, 0.25) is 0 Å². The molecule has 0 fully saturated rings. The first kappa shape index (κ1) is 29.3. The van der Waals surface area contributed by atoms with Gasteiger partial charge in [0.05, 0.1) is 11.0 Å². The van der Waals surface area contributed by atoms with Crippen LogP contribution in [-0.4, -0.2) is 4.57 Å². The molecular formula is C46H36N2. The third-order valence-electron chi connectivity index (χ3n) is 9.24. The highest BCUT2D eigenvalue weighted by atomic mass is 15.1. The van der Waals surface area contributed by atoms with Gasteiger partial charge in [-0.2, -0.15) is 0 Å². The summed E-state index contributed by atoms with van der Waals surface area (Å²) in [6.45, 7) is 4.27. The second kappa shape index (κ2) is 12.6. The molecule has 0 unspecified atom stereocenters. The van der Waals surface area contributed by atoms with Crippen LogP contribution in [-0.2, 0) is 0 Å². The molecule has 2 nitrogen and oxygen atoms in total. The molecule has 0 N–H and O–H groups in total. The van der Waals surface area contributed by atoms with Crippen LogP contribution in [0.3, 0.4) is 0 Å². The van der Waals surface area contributed by atoms with Gasteiger partial charge in [0.1, 0.15) is 0 Å². The van der Waals surface area contributed by atoms with Crippen molar-refractivity contribution in [1.82, 2.24) is 4.57 Å². The topological polar surface area (TPSA) is 8.17 Å². The molecular weight excluding hydrogens is 581 g/mol. The fraction of sp³-hybridized carbons (Fsp3) is 0.0435. The zero-order valence-corrected chi connectivity index (χ0v) is 27.2. The number of aromatic nitrogens is 1. The minimum Gasteiger partial charge on any atom is -0.311 e. The zero-order chi connectivity index (χ0) is 32.5. The smallest absolute Gasteiger partial charge is 0.0544 e. The molecule has 8 aromatic rings. The van der Waals surface area contributed by atoms with Gasteiger partial charge in [0.15, 0.2) is 0 Å². The molecule has 0 aliphatic rings. The molecule has 8 rings (SSSR count). The first-order valence-electron chi connectivity index (χ1n) is 16.6. The number of benzene rings is 7. The number of hydrogen-bond acceptors (Lipinski definition) is 1. The van der Waals surface area contributed by atoms with E-state index in [2.05, 4.69) is 205 Å². The predicted molar refractivity (Wildman–Crippen MR) is 206 cm³/mol. The van der Waals surface area contributed by atoms with Gasteiger partial charge >= 0.3 is 0 Å². The lowest BCUT2D eigenvalue weighted by molar-refractivity contribution is 1.18. The molecule has 0 atom stereocenters.